The van der Waals surface area contributed by atoms with Crippen LogP contribution < -0.4 is 10.5 Å². The van der Waals surface area contributed by atoms with Crippen LogP contribution >= 0.6 is 0 Å². The molecule has 0 saturated heterocycles. The monoisotopic (exact) mass is 259 g/mol. The average molecular weight is 259 g/mol. The Balaban J connectivity index is 2.11. The van der Waals surface area contributed by atoms with E-state index in [1.807, 2.05) is 12.1 Å². The van der Waals surface area contributed by atoms with Crippen LogP contribution in [0.5, 0.6) is 5.75 Å². The third-order valence-electron chi connectivity index (χ3n) is 3.92. The molecule has 1 aliphatic heterocycles. The van der Waals surface area contributed by atoms with Crippen molar-refractivity contribution in [3.8, 4) is 5.75 Å². The second-order valence-corrected chi connectivity index (χ2v) is 5.24. The summed E-state index contributed by atoms with van der Waals surface area (Å²) in [6.45, 7) is 5.29. The Kier molecular flexibility index (Phi) is 3.09. The third-order valence-corrected chi connectivity index (χ3v) is 3.92. The fourth-order valence-electron chi connectivity index (χ4n) is 2.82. The van der Waals surface area contributed by atoms with E-state index in [-0.39, 0.29) is 0 Å². The van der Waals surface area contributed by atoms with E-state index in [1.54, 1.807) is 0 Å². The van der Waals surface area contributed by atoms with Gasteiger partial charge in [-0.2, -0.15) is 0 Å². The summed E-state index contributed by atoms with van der Waals surface area (Å²) in [5.74, 6) is 1.63. The van der Waals surface area contributed by atoms with E-state index in [4.69, 9.17) is 10.5 Å². The normalized spacial score (nSPS) is 17.7. The SMILES string of the molecule is CCCCn1c(N)nc2ccc3c(c21)CC(CC)O3. The van der Waals surface area contributed by atoms with Gasteiger partial charge >= 0.3 is 0 Å². The van der Waals surface area contributed by atoms with Crippen molar-refractivity contribution in [3.05, 3.63) is 17.7 Å². The molecule has 2 heterocycles. The molecule has 1 atom stereocenters. The Hall–Kier alpha value is -1.71. The fraction of sp³-hybridized carbons (Fsp3) is 0.533. The smallest absolute Gasteiger partial charge is 0.201 e. The number of aryl methyl sites for hydroxylation is 1. The molecule has 0 saturated carbocycles. The summed E-state index contributed by atoms with van der Waals surface area (Å²) in [5, 5.41) is 0. The summed E-state index contributed by atoms with van der Waals surface area (Å²) in [6, 6.07) is 4.05. The number of unbranched alkanes of at least 4 members (excludes halogenated alkanes) is 1. The number of anilines is 1. The molecule has 0 fully saturated rings. The van der Waals surface area contributed by atoms with Gasteiger partial charge in [-0.15, -0.1) is 0 Å². The molecule has 19 heavy (non-hydrogen) atoms. The Labute approximate surface area is 113 Å². The van der Waals surface area contributed by atoms with Crippen LogP contribution in [0.25, 0.3) is 11.0 Å². The van der Waals surface area contributed by atoms with Crippen LogP contribution in [0.3, 0.4) is 0 Å². The lowest BCUT2D eigenvalue weighted by Crippen LogP contribution is -2.10. The van der Waals surface area contributed by atoms with Gasteiger partial charge in [-0.1, -0.05) is 20.3 Å². The minimum atomic E-state index is 0.302. The van der Waals surface area contributed by atoms with Crippen molar-refractivity contribution >= 4 is 17.0 Å². The van der Waals surface area contributed by atoms with Crippen molar-refractivity contribution < 1.29 is 4.74 Å². The van der Waals surface area contributed by atoms with Gasteiger partial charge < -0.3 is 15.0 Å². The minimum Gasteiger partial charge on any atom is -0.490 e. The first-order valence-corrected chi connectivity index (χ1v) is 7.18. The standard InChI is InChI=1S/C15H21N3O/c1-3-5-8-18-14-11-9-10(4-2)19-13(11)7-6-12(14)17-15(18)16/h6-7,10H,3-5,8-9H2,1-2H3,(H2,16,17). The first-order valence-electron chi connectivity index (χ1n) is 7.18. The zero-order chi connectivity index (χ0) is 13.4. The number of nitrogens with zero attached hydrogens (tertiary/aromatic N) is 2. The van der Waals surface area contributed by atoms with Crippen LogP contribution in [0.4, 0.5) is 5.95 Å². The molecule has 1 aromatic heterocycles. The van der Waals surface area contributed by atoms with Crippen LogP contribution in [0, 0.1) is 0 Å². The Morgan fingerprint density at radius 2 is 2.26 bits per heavy atom. The van der Waals surface area contributed by atoms with E-state index in [9.17, 15) is 0 Å². The maximum absolute atomic E-state index is 6.07. The van der Waals surface area contributed by atoms with Crippen molar-refractivity contribution in [2.45, 2.75) is 52.2 Å². The van der Waals surface area contributed by atoms with Crippen molar-refractivity contribution in [2.75, 3.05) is 5.73 Å². The van der Waals surface area contributed by atoms with Crippen molar-refractivity contribution in [1.29, 1.82) is 0 Å². The summed E-state index contributed by atoms with van der Waals surface area (Å²) in [7, 11) is 0. The first kappa shape index (κ1) is 12.3. The summed E-state index contributed by atoms with van der Waals surface area (Å²) < 4.78 is 8.10. The maximum atomic E-state index is 6.07. The lowest BCUT2D eigenvalue weighted by Gasteiger charge is -2.07. The molecule has 4 heteroatoms. The first-order chi connectivity index (χ1) is 9.24. The summed E-state index contributed by atoms with van der Waals surface area (Å²) >= 11 is 0. The number of benzene rings is 1. The number of aromatic nitrogens is 2. The van der Waals surface area contributed by atoms with E-state index >= 15 is 0 Å². The van der Waals surface area contributed by atoms with Gasteiger partial charge in [-0.25, -0.2) is 4.98 Å². The lowest BCUT2D eigenvalue weighted by atomic mass is 10.1. The van der Waals surface area contributed by atoms with E-state index in [1.165, 1.54) is 11.1 Å². The van der Waals surface area contributed by atoms with Crippen LogP contribution in [-0.4, -0.2) is 15.7 Å². The number of nitrogens with two attached hydrogens (primary N) is 1. The highest BCUT2D eigenvalue weighted by molar-refractivity contribution is 5.84. The molecular weight excluding hydrogens is 238 g/mol. The number of fused-ring (bicyclic) bond motifs is 3. The quantitative estimate of drug-likeness (QED) is 0.917. The zero-order valence-corrected chi connectivity index (χ0v) is 11.6. The highest BCUT2D eigenvalue weighted by Crippen LogP contribution is 2.36. The summed E-state index contributed by atoms with van der Waals surface area (Å²) in [4.78, 5) is 4.48. The van der Waals surface area contributed by atoms with E-state index in [0.29, 0.717) is 12.1 Å². The molecule has 4 nitrogen and oxygen atoms in total. The van der Waals surface area contributed by atoms with Gasteiger partial charge in [-0.3, -0.25) is 0 Å². The van der Waals surface area contributed by atoms with E-state index in [0.717, 1.165) is 43.5 Å². The minimum absolute atomic E-state index is 0.302. The van der Waals surface area contributed by atoms with Gasteiger partial charge in [0.25, 0.3) is 0 Å². The molecule has 1 aliphatic rings. The number of hydrogen-bond donors (Lipinski definition) is 1. The Morgan fingerprint density at radius 1 is 1.42 bits per heavy atom. The molecule has 0 aliphatic carbocycles. The largest absolute Gasteiger partial charge is 0.490 e. The molecule has 3 rings (SSSR count). The molecule has 2 aromatic rings. The van der Waals surface area contributed by atoms with Gasteiger partial charge in [0.1, 0.15) is 11.9 Å². The molecule has 2 N–H and O–H groups in total. The zero-order valence-electron chi connectivity index (χ0n) is 11.6. The Bertz CT molecular complexity index is 603. The average Bonchev–Trinajstić information content (AvgIpc) is 2.96. The van der Waals surface area contributed by atoms with Crippen molar-refractivity contribution in [3.63, 3.8) is 0 Å². The molecule has 1 unspecified atom stereocenters. The lowest BCUT2D eigenvalue weighted by molar-refractivity contribution is 0.228. The highest BCUT2D eigenvalue weighted by Gasteiger charge is 2.26. The Morgan fingerprint density at radius 3 is 3.00 bits per heavy atom. The predicted molar refractivity (Wildman–Crippen MR) is 77.5 cm³/mol. The topological polar surface area (TPSA) is 53.1 Å². The van der Waals surface area contributed by atoms with Crippen molar-refractivity contribution in [2.24, 2.45) is 0 Å². The second kappa shape index (κ2) is 4.76. The number of nitrogen functional groups attached to an aromatic ring is 1. The molecule has 0 amide bonds. The fourth-order valence-corrected chi connectivity index (χ4v) is 2.82. The third kappa shape index (κ3) is 1.95. The number of hydrogen-bond acceptors (Lipinski definition) is 3. The number of rotatable bonds is 4. The van der Waals surface area contributed by atoms with Crippen LogP contribution in [0.1, 0.15) is 38.7 Å². The molecule has 0 bridgehead atoms. The van der Waals surface area contributed by atoms with Gasteiger partial charge in [0.15, 0.2) is 0 Å². The van der Waals surface area contributed by atoms with E-state index in [2.05, 4.69) is 23.4 Å². The van der Waals surface area contributed by atoms with Gasteiger partial charge in [0.2, 0.25) is 5.95 Å². The number of imidazole rings is 1. The highest BCUT2D eigenvalue weighted by atomic mass is 16.5. The predicted octanol–water partition coefficient (Wildman–Crippen LogP) is 3.13. The maximum Gasteiger partial charge on any atom is 0.201 e. The van der Waals surface area contributed by atoms with Crippen LogP contribution in [0.2, 0.25) is 0 Å². The van der Waals surface area contributed by atoms with Crippen LogP contribution in [0.15, 0.2) is 12.1 Å². The van der Waals surface area contributed by atoms with Crippen LogP contribution in [-0.2, 0) is 13.0 Å². The molecule has 0 spiro atoms. The molecule has 102 valence electrons. The van der Waals surface area contributed by atoms with Gasteiger partial charge in [-0.05, 0) is 25.0 Å². The summed E-state index contributed by atoms with van der Waals surface area (Å²) in [5.41, 5.74) is 9.52. The van der Waals surface area contributed by atoms with Crippen molar-refractivity contribution in [1.82, 2.24) is 9.55 Å². The summed E-state index contributed by atoms with van der Waals surface area (Å²) in [6.07, 6.45) is 4.59. The molecular formula is C15H21N3O. The molecule has 1 aromatic carbocycles. The van der Waals surface area contributed by atoms with Gasteiger partial charge in [0.05, 0.1) is 11.0 Å². The van der Waals surface area contributed by atoms with E-state index < -0.39 is 0 Å². The van der Waals surface area contributed by atoms with Gasteiger partial charge in [0, 0.05) is 18.5 Å². The molecule has 0 radical (unpaired) electrons. The number of ether oxygens (including phenoxy) is 1. The second-order valence-electron chi connectivity index (χ2n) is 5.24.